The highest BCUT2D eigenvalue weighted by Gasteiger charge is 2.30. The number of hydrogen-bond donors (Lipinski definition) is 1. The van der Waals surface area contributed by atoms with E-state index in [4.69, 9.17) is 0 Å². The molecule has 3 aromatic rings. The normalized spacial score (nSPS) is 11.5. The molecule has 1 amide bonds. The van der Waals surface area contributed by atoms with Gasteiger partial charge in [0.2, 0.25) is 5.91 Å². The van der Waals surface area contributed by atoms with Crippen LogP contribution in [0, 0.1) is 20.8 Å². The first kappa shape index (κ1) is 19.5. The van der Waals surface area contributed by atoms with Gasteiger partial charge in [-0.2, -0.15) is 18.3 Å². The van der Waals surface area contributed by atoms with E-state index >= 15 is 0 Å². The summed E-state index contributed by atoms with van der Waals surface area (Å²) in [4.78, 5) is 20.5. The number of nitrogens with zero attached hydrogens (tertiary/aromatic N) is 4. The van der Waals surface area contributed by atoms with Crippen molar-refractivity contribution in [1.29, 1.82) is 0 Å². The summed E-state index contributed by atoms with van der Waals surface area (Å²) in [7, 11) is 0. The summed E-state index contributed by atoms with van der Waals surface area (Å²) in [5.41, 5.74) is 1.88. The lowest BCUT2D eigenvalue weighted by Gasteiger charge is -2.08. The maximum atomic E-state index is 12.7. The number of nitrogens with one attached hydrogen (secondary N) is 1. The summed E-state index contributed by atoms with van der Waals surface area (Å²) in [6, 6.07) is 7.52. The molecule has 146 valence electrons. The van der Waals surface area contributed by atoms with Crippen molar-refractivity contribution in [3.8, 4) is 5.82 Å². The Kier molecular flexibility index (Phi) is 5.17. The largest absolute Gasteiger partial charge is 0.417 e. The predicted octanol–water partition coefficient (Wildman–Crippen LogP) is 3.79. The topological polar surface area (TPSA) is 72.7 Å². The molecule has 3 aromatic heterocycles. The van der Waals surface area contributed by atoms with Crippen molar-refractivity contribution < 1.29 is 18.0 Å². The van der Waals surface area contributed by atoms with Crippen LogP contribution in [0.4, 0.5) is 19.0 Å². The van der Waals surface area contributed by atoms with Crippen LogP contribution in [0.3, 0.4) is 0 Å². The summed E-state index contributed by atoms with van der Waals surface area (Å²) in [6.45, 7) is 5.30. The maximum Gasteiger partial charge on any atom is 0.417 e. The van der Waals surface area contributed by atoms with Crippen molar-refractivity contribution in [2.45, 2.75) is 33.4 Å². The van der Waals surface area contributed by atoms with E-state index < -0.39 is 11.7 Å². The summed E-state index contributed by atoms with van der Waals surface area (Å²) in [5.74, 6) is 0.446. The number of hydrogen-bond acceptors (Lipinski definition) is 4. The molecule has 0 radical (unpaired) electrons. The molecule has 0 fully saturated rings. The average Bonchev–Trinajstić information content (AvgIpc) is 2.89. The minimum Gasteiger partial charge on any atom is -0.310 e. The Morgan fingerprint density at radius 2 is 1.89 bits per heavy atom. The number of rotatable bonds is 4. The van der Waals surface area contributed by atoms with Crippen LogP contribution in [0.2, 0.25) is 0 Å². The predicted molar refractivity (Wildman–Crippen MR) is 97.1 cm³/mol. The van der Waals surface area contributed by atoms with Crippen LogP contribution in [0.25, 0.3) is 5.82 Å². The number of pyridine rings is 2. The SMILES string of the molecule is Cc1cccc(NC(=O)Cc2c(C)nn(-c3ccc(C(F)(F)F)cn3)c2C)n1. The van der Waals surface area contributed by atoms with E-state index in [-0.39, 0.29) is 18.1 Å². The highest BCUT2D eigenvalue weighted by Crippen LogP contribution is 2.29. The van der Waals surface area contributed by atoms with Gasteiger partial charge in [-0.25, -0.2) is 14.6 Å². The molecule has 0 atom stereocenters. The molecule has 0 aliphatic rings. The molecule has 28 heavy (non-hydrogen) atoms. The van der Waals surface area contributed by atoms with E-state index in [9.17, 15) is 18.0 Å². The lowest BCUT2D eigenvalue weighted by molar-refractivity contribution is -0.137. The fraction of sp³-hybridized carbons (Fsp3) is 0.263. The third-order valence-corrected chi connectivity index (χ3v) is 4.23. The third-order valence-electron chi connectivity index (χ3n) is 4.23. The van der Waals surface area contributed by atoms with Gasteiger partial charge in [0.25, 0.3) is 0 Å². The van der Waals surface area contributed by atoms with Crippen LogP contribution in [0.5, 0.6) is 0 Å². The third kappa shape index (κ3) is 4.19. The van der Waals surface area contributed by atoms with Crippen LogP contribution in [0.15, 0.2) is 36.5 Å². The second-order valence-electron chi connectivity index (χ2n) is 6.35. The Bertz CT molecular complexity index is 1010. The van der Waals surface area contributed by atoms with Crippen LogP contribution in [-0.2, 0) is 17.4 Å². The first-order valence-electron chi connectivity index (χ1n) is 8.47. The van der Waals surface area contributed by atoms with Gasteiger partial charge in [0, 0.05) is 23.1 Å². The molecular weight excluding hydrogens is 371 g/mol. The highest BCUT2D eigenvalue weighted by molar-refractivity contribution is 5.91. The first-order valence-corrected chi connectivity index (χ1v) is 8.47. The van der Waals surface area contributed by atoms with E-state index in [0.717, 1.165) is 18.0 Å². The van der Waals surface area contributed by atoms with E-state index in [0.29, 0.717) is 22.8 Å². The van der Waals surface area contributed by atoms with Gasteiger partial charge in [0.05, 0.1) is 17.7 Å². The molecule has 0 aliphatic carbocycles. The van der Waals surface area contributed by atoms with Gasteiger partial charge in [0.1, 0.15) is 5.82 Å². The van der Waals surface area contributed by atoms with Crippen LogP contribution in [0.1, 0.15) is 28.2 Å². The zero-order chi connectivity index (χ0) is 20.5. The molecule has 3 heterocycles. The van der Waals surface area contributed by atoms with Crippen LogP contribution in [-0.4, -0.2) is 25.7 Å². The van der Waals surface area contributed by atoms with Gasteiger partial charge >= 0.3 is 6.18 Å². The Labute approximate surface area is 159 Å². The number of carbonyl (C=O) groups is 1. The Morgan fingerprint density at radius 1 is 1.14 bits per heavy atom. The van der Waals surface area contributed by atoms with E-state index in [1.54, 1.807) is 26.0 Å². The molecule has 0 saturated heterocycles. The minimum atomic E-state index is -4.45. The number of amides is 1. The molecular formula is C19H18F3N5O. The van der Waals surface area contributed by atoms with Crippen molar-refractivity contribution in [2.24, 2.45) is 0 Å². The summed E-state index contributed by atoms with van der Waals surface area (Å²) in [5, 5.41) is 7.05. The van der Waals surface area contributed by atoms with Gasteiger partial charge in [-0.1, -0.05) is 6.07 Å². The molecule has 6 nitrogen and oxygen atoms in total. The second-order valence-corrected chi connectivity index (χ2v) is 6.35. The molecule has 1 N–H and O–H groups in total. The average molecular weight is 389 g/mol. The lowest BCUT2D eigenvalue weighted by Crippen LogP contribution is -2.16. The molecule has 9 heteroatoms. The number of alkyl halides is 3. The summed E-state index contributed by atoms with van der Waals surface area (Å²) in [6.07, 6.45) is -3.62. The van der Waals surface area contributed by atoms with Gasteiger partial charge in [-0.15, -0.1) is 0 Å². The fourth-order valence-electron chi connectivity index (χ4n) is 2.79. The number of carbonyl (C=O) groups excluding carboxylic acids is 1. The standard InChI is InChI=1S/C19H18F3N5O/c1-11-5-4-6-16(24-11)25-18(28)9-15-12(2)26-27(13(15)3)17-8-7-14(10-23-17)19(20,21)22/h4-8,10H,9H2,1-3H3,(H,24,25,28). The smallest absolute Gasteiger partial charge is 0.310 e. The molecule has 0 bridgehead atoms. The second kappa shape index (κ2) is 7.41. The van der Waals surface area contributed by atoms with Crippen molar-refractivity contribution in [3.63, 3.8) is 0 Å². The maximum absolute atomic E-state index is 12.7. The molecule has 0 spiro atoms. The molecule has 0 unspecified atom stereocenters. The minimum absolute atomic E-state index is 0.0634. The quantitative estimate of drug-likeness (QED) is 0.737. The van der Waals surface area contributed by atoms with Crippen molar-refractivity contribution in [1.82, 2.24) is 19.7 Å². The molecule has 3 rings (SSSR count). The lowest BCUT2D eigenvalue weighted by atomic mass is 10.1. The summed E-state index contributed by atoms with van der Waals surface area (Å²) < 4.78 is 39.5. The van der Waals surface area contributed by atoms with Crippen molar-refractivity contribution in [2.75, 3.05) is 5.32 Å². The number of anilines is 1. The Morgan fingerprint density at radius 3 is 2.50 bits per heavy atom. The van der Waals surface area contributed by atoms with Crippen molar-refractivity contribution >= 4 is 11.7 Å². The van der Waals surface area contributed by atoms with Crippen molar-refractivity contribution in [3.05, 3.63) is 64.7 Å². The Balaban J connectivity index is 1.81. The number of halogens is 3. The Hall–Kier alpha value is -3.23. The zero-order valence-electron chi connectivity index (χ0n) is 15.5. The highest BCUT2D eigenvalue weighted by atomic mass is 19.4. The number of aromatic nitrogens is 4. The molecule has 0 aliphatic heterocycles. The fourth-order valence-corrected chi connectivity index (χ4v) is 2.79. The monoisotopic (exact) mass is 389 g/mol. The first-order chi connectivity index (χ1) is 13.1. The molecule has 0 saturated carbocycles. The zero-order valence-corrected chi connectivity index (χ0v) is 15.5. The van der Waals surface area contributed by atoms with Gasteiger partial charge in [0.15, 0.2) is 5.82 Å². The van der Waals surface area contributed by atoms with Crippen LogP contribution < -0.4 is 5.32 Å². The van der Waals surface area contributed by atoms with Gasteiger partial charge in [-0.05, 0) is 45.0 Å². The van der Waals surface area contributed by atoms with E-state index in [1.165, 1.54) is 10.7 Å². The van der Waals surface area contributed by atoms with Gasteiger partial charge in [-0.3, -0.25) is 4.79 Å². The number of aryl methyl sites for hydroxylation is 2. The van der Waals surface area contributed by atoms with Crippen LogP contribution >= 0.6 is 0 Å². The summed E-state index contributed by atoms with van der Waals surface area (Å²) >= 11 is 0. The van der Waals surface area contributed by atoms with E-state index in [2.05, 4.69) is 20.4 Å². The van der Waals surface area contributed by atoms with Gasteiger partial charge < -0.3 is 5.32 Å². The van der Waals surface area contributed by atoms with E-state index in [1.807, 2.05) is 13.0 Å². The molecule has 0 aromatic carbocycles.